The van der Waals surface area contributed by atoms with Crippen LogP contribution in [-0.4, -0.2) is 44.5 Å². The fraction of sp³-hybridized carbons (Fsp3) is 0.259. The average Bonchev–Trinajstić information content (AvgIpc) is 3.33. The van der Waals surface area contributed by atoms with E-state index in [1.54, 1.807) is 12.4 Å². The van der Waals surface area contributed by atoms with E-state index in [2.05, 4.69) is 56.6 Å². The van der Waals surface area contributed by atoms with Crippen LogP contribution in [0.2, 0.25) is 0 Å². The summed E-state index contributed by atoms with van der Waals surface area (Å²) in [5.41, 5.74) is 5.05. The Labute approximate surface area is 209 Å². The molecule has 1 aliphatic heterocycles. The lowest BCUT2D eigenvalue weighted by Gasteiger charge is -2.28. The topological polar surface area (TPSA) is 75.9 Å². The third kappa shape index (κ3) is 5.54. The van der Waals surface area contributed by atoms with Gasteiger partial charge in [-0.25, -0.2) is 0 Å². The van der Waals surface area contributed by atoms with Crippen LogP contribution in [0.4, 0.5) is 11.4 Å². The Morgan fingerprint density at radius 3 is 2.29 bits per heavy atom. The van der Waals surface area contributed by atoms with Gasteiger partial charge in [0.1, 0.15) is 0 Å². The van der Waals surface area contributed by atoms with E-state index in [4.69, 9.17) is 0 Å². The first kappa shape index (κ1) is 23.1. The van der Waals surface area contributed by atoms with Crippen LogP contribution in [0.5, 0.6) is 0 Å². The van der Waals surface area contributed by atoms with Gasteiger partial charge in [0.15, 0.2) is 11.0 Å². The maximum atomic E-state index is 12.7. The minimum atomic E-state index is -0.0790. The van der Waals surface area contributed by atoms with Crippen molar-refractivity contribution in [1.82, 2.24) is 19.7 Å². The zero-order valence-corrected chi connectivity index (χ0v) is 20.5. The molecule has 178 valence electrons. The zero-order chi connectivity index (χ0) is 24.0. The van der Waals surface area contributed by atoms with Crippen molar-refractivity contribution in [3.05, 3.63) is 78.6 Å². The number of amides is 1. The number of nitrogens with one attached hydrogen (secondary N) is 1. The molecular formula is C27H28N6OS. The van der Waals surface area contributed by atoms with Crippen LogP contribution < -0.4 is 10.2 Å². The van der Waals surface area contributed by atoms with Crippen molar-refractivity contribution in [3.63, 3.8) is 0 Å². The highest BCUT2D eigenvalue weighted by Gasteiger charge is 2.17. The van der Waals surface area contributed by atoms with Gasteiger partial charge >= 0.3 is 0 Å². The SMILES string of the molecule is Cc1ccc(-n2c(SCC(=O)Nc3ccc(N4CCCCC4)cc3)nnc2-c2ccncc2)cc1. The Morgan fingerprint density at radius 1 is 0.886 bits per heavy atom. The van der Waals surface area contributed by atoms with Gasteiger partial charge in [-0.05, 0) is 74.7 Å². The van der Waals surface area contributed by atoms with Crippen molar-refractivity contribution >= 4 is 29.0 Å². The van der Waals surface area contributed by atoms with Crippen molar-refractivity contribution in [3.8, 4) is 17.1 Å². The zero-order valence-electron chi connectivity index (χ0n) is 19.7. The number of thioether (sulfide) groups is 1. The molecule has 1 fully saturated rings. The van der Waals surface area contributed by atoms with Crippen LogP contribution >= 0.6 is 11.8 Å². The molecule has 0 saturated carbocycles. The molecule has 0 spiro atoms. The number of anilines is 2. The number of aryl methyl sites for hydroxylation is 1. The second kappa shape index (κ2) is 10.7. The third-order valence-electron chi connectivity index (χ3n) is 6.07. The van der Waals surface area contributed by atoms with Gasteiger partial charge in [-0.3, -0.25) is 14.3 Å². The molecule has 4 aromatic rings. The molecule has 0 aliphatic carbocycles. The van der Waals surface area contributed by atoms with Crippen molar-refractivity contribution in [1.29, 1.82) is 0 Å². The first-order valence-corrected chi connectivity index (χ1v) is 12.9. The van der Waals surface area contributed by atoms with Crippen molar-refractivity contribution in [2.75, 3.05) is 29.1 Å². The molecule has 1 saturated heterocycles. The number of carbonyl (C=O) groups excluding carboxylic acids is 1. The number of rotatable bonds is 7. The number of piperidine rings is 1. The van der Waals surface area contributed by atoms with Gasteiger partial charge in [0, 0.05) is 48.1 Å². The summed E-state index contributed by atoms with van der Waals surface area (Å²) in [6.07, 6.45) is 7.27. The Bertz CT molecular complexity index is 1270. The summed E-state index contributed by atoms with van der Waals surface area (Å²) >= 11 is 1.37. The normalized spacial score (nSPS) is 13.6. The fourth-order valence-electron chi connectivity index (χ4n) is 4.21. The van der Waals surface area contributed by atoms with Crippen molar-refractivity contribution in [2.24, 2.45) is 0 Å². The van der Waals surface area contributed by atoms with Gasteiger partial charge in [-0.15, -0.1) is 10.2 Å². The molecule has 0 radical (unpaired) electrons. The summed E-state index contributed by atoms with van der Waals surface area (Å²) in [7, 11) is 0. The highest BCUT2D eigenvalue weighted by atomic mass is 32.2. The number of aromatic nitrogens is 4. The fourth-order valence-corrected chi connectivity index (χ4v) is 4.96. The van der Waals surface area contributed by atoms with Crippen LogP contribution in [0.1, 0.15) is 24.8 Å². The Balaban J connectivity index is 1.29. The van der Waals surface area contributed by atoms with E-state index in [0.29, 0.717) is 11.0 Å². The van der Waals surface area contributed by atoms with Crippen molar-refractivity contribution in [2.45, 2.75) is 31.3 Å². The van der Waals surface area contributed by atoms with Gasteiger partial charge in [0.2, 0.25) is 5.91 Å². The first-order valence-electron chi connectivity index (χ1n) is 11.9. The van der Waals surface area contributed by atoms with Crippen LogP contribution in [0.3, 0.4) is 0 Å². The number of pyridine rings is 1. The second-order valence-electron chi connectivity index (χ2n) is 8.64. The lowest BCUT2D eigenvalue weighted by molar-refractivity contribution is -0.113. The third-order valence-corrected chi connectivity index (χ3v) is 7.00. The Kier molecular flexibility index (Phi) is 7.09. The molecule has 5 rings (SSSR count). The monoisotopic (exact) mass is 484 g/mol. The molecule has 1 N–H and O–H groups in total. The van der Waals surface area contributed by atoms with E-state index < -0.39 is 0 Å². The van der Waals surface area contributed by atoms with Crippen LogP contribution in [0, 0.1) is 6.92 Å². The number of carbonyl (C=O) groups is 1. The van der Waals surface area contributed by atoms with E-state index in [-0.39, 0.29) is 11.7 Å². The second-order valence-corrected chi connectivity index (χ2v) is 9.59. The van der Waals surface area contributed by atoms with Gasteiger partial charge in [0.25, 0.3) is 0 Å². The summed E-state index contributed by atoms with van der Waals surface area (Å²) < 4.78 is 1.99. The summed E-state index contributed by atoms with van der Waals surface area (Å²) in [4.78, 5) is 19.2. The summed E-state index contributed by atoms with van der Waals surface area (Å²) in [6.45, 7) is 4.26. The molecule has 1 aliphatic rings. The minimum absolute atomic E-state index is 0.0790. The number of hydrogen-bond acceptors (Lipinski definition) is 6. The van der Waals surface area contributed by atoms with Gasteiger partial charge in [-0.2, -0.15) is 0 Å². The van der Waals surface area contributed by atoms with E-state index >= 15 is 0 Å². The van der Waals surface area contributed by atoms with Crippen LogP contribution in [0.15, 0.2) is 78.2 Å². The molecule has 2 aromatic carbocycles. The molecule has 3 heterocycles. The number of benzene rings is 2. The smallest absolute Gasteiger partial charge is 0.234 e. The van der Waals surface area contributed by atoms with E-state index in [1.807, 2.05) is 41.0 Å². The largest absolute Gasteiger partial charge is 0.372 e. The number of hydrogen-bond donors (Lipinski definition) is 1. The maximum absolute atomic E-state index is 12.7. The summed E-state index contributed by atoms with van der Waals surface area (Å²) in [5.74, 6) is 0.867. The lowest BCUT2D eigenvalue weighted by atomic mass is 10.1. The predicted molar refractivity (Wildman–Crippen MR) is 141 cm³/mol. The molecule has 0 bridgehead atoms. The Morgan fingerprint density at radius 2 is 1.57 bits per heavy atom. The van der Waals surface area contributed by atoms with Gasteiger partial charge in [-0.1, -0.05) is 29.5 Å². The van der Waals surface area contributed by atoms with E-state index in [9.17, 15) is 4.79 Å². The predicted octanol–water partition coefficient (Wildman–Crippen LogP) is 5.36. The highest BCUT2D eigenvalue weighted by Crippen LogP contribution is 2.28. The molecule has 0 atom stereocenters. The lowest BCUT2D eigenvalue weighted by Crippen LogP contribution is -2.29. The van der Waals surface area contributed by atoms with Gasteiger partial charge in [0.05, 0.1) is 5.75 Å². The molecule has 8 heteroatoms. The summed E-state index contributed by atoms with van der Waals surface area (Å²) in [5, 5.41) is 12.5. The van der Waals surface area contributed by atoms with Gasteiger partial charge < -0.3 is 10.2 Å². The van der Waals surface area contributed by atoms with E-state index in [1.165, 1.54) is 42.3 Å². The number of nitrogens with zero attached hydrogens (tertiary/aromatic N) is 5. The quantitative estimate of drug-likeness (QED) is 0.356. The standard InChI is InChI=1S/C27H28N6OS/c1-20-5-9-24(10-6-20)33-26(21-13-15-28-16-14-21)30-31-27(33)35-19-25(34)29-22-7-11-23(12-8-22)32-17-3-2-4-18-32/h5-16H,2-4,17-19H2,1H3,(H,29,34). The molecule has 7 nitrogen and oxygen atoms in total. The summed E-state index contributed by atoms with van der Waals surface area (Å²) in [6, 6.07) is 20.1. The first-order chi connectivity index (χ1) is 17.2. The molecule has 35 heavy (non-hydrogen) atoms. The Hall–Kier alpha value is -3.65. The van der Waals surface area contributed by atoms with Crippen LogP contribution in [-0.2, 0) is 4.79 Å². The maximum Gasteiger partial charge on any atom is 0.234 e. The van der Waals surface area contributed by atoms with Crippen molar-refractivity contribution < 1.29 is 4.79 Å². The molecule has 0 unspecified atom stereocenters. The highest BCUT2D eigenvalue weighted by molar-refractivity contribution is 7.99. The van der Waals surface area contributed by atoms with E-state index in [0.717, 1.165) is 30.0 Å². The minimum Gasteiger partial charge on any atom is -0.372 e. The molecule has 2 aromatic heterocycles. The van der Waals surface area contributed by atoms with Crippen LogP contribution in [0.25, 0.3) is 17.1 Å². The molecule has 1 amide bonds. The molecular weight excluding hydrogens is 456 g/mol. The average molecular weight is 485 g/mol.